The van der Waals surface area contributed by atoms with E-state index in [-0.39, 0.29) is 26.4 Å². The van der Waals surface area contributed by atoms with Crippen LogP contribution in [0.25, 0.3) is 0 Å². The molecule has 0 spiro atoms. The van der Waals surface area contributed by atoms with Gasteiger partial charge in [0.15, 0.2) is 11.5 Å². The molecule has 3 heterocycles. The molecule has 1 atom stereocenters. The first kappa shape index (κ1) is 17.3. The number of benzene rings is 1. The molecule has 0 radical (unpaired) electrons. The molecule has 1 aromatic carbocycles. The van der Waals surface area contributed by atoms with Crippen LogP contribution in [0, 0.1) is 5.92 Å². The summed E-state index contributed by atoms with van der Waals surface area (Å²) in [6.45, 7) is 0.583. The highest BCUT2D eigenvalue weighted by atomic mass is 32.1. The van der Waals surface area contributed by atoms with Gasteiger partial charge in [-0.3, -0.25) is 14.5 Å². The van der Waals surface area contributed by atoms with Crippen LogP contribution in [-0.2, 0) is 22.7 Å². The number of hydrogen-bond donors (Lipinski definition) is 2. The Morgan fingerprint density at radius 2 is 2.11 bits per heavy atom. The number of amides is 4. The van der Waals surface area contributed by atoms with E-state index in [0.717, 1.165) is 15.3 Å². The lowest BCUT2D eigenvalue weighted by Gasteiger charge is -2.30. The minimum absolute atomic E-state index is 0.00835. The largest absolute Gasteiger partial charge is 0.454 e. The van der Waals surface area contributed by atoms with Gasteiger partial charge in [0, 0.05) is 18.0 Å². The maximum Gasteiger partial charge on any atom is 0.324 e. The van der Waals surface area contributed by atoms with E-state index in [1.54, 1.807) is 12.1 Å². The Labute approximate surface area is 159 Å². The van der Waals surface area contributed by atoms with Crippen molar-refractivity contribution in [1.29, 1.82) is 0 Å². The fraction of sp³-hybridized carbons (Fsp3) is 0.278. The Morgan fingerprint density at radius 3 is 2.93 bits per heavy atom. The molecule has 0 bridgehead atoms. The summed E-state index contributed by atoms with van der Waals surface area (Å²) in [6, 6.07) is 8.60. The van der Waals surface area contributed by atoms with Crippen LogP contribution in [0.15, 0.2) is 35.7 Å². The number of nitrogens with one attached hydrogen (secondary N) is 2. The number of fused-ring (bicyclic) bond motifs is 1. The highest BCUT2D eigenvalue weighted by Crippen LogP contribution is 2.32. The molecule has 2 aliphatic rings. The van der Waals surface area contributed by atoms with Gasteiger partial charge in [0.25, 0.3) is 0 Å². The van der Waals surface area contributed by atoms with Crippen molar-refractivity contribution < 1.29 is 23.9 Å². The highest BCUT2D eigenvalue weighted by molar-refractivity contribution is 7.09. The van der Waals surface area contributed by atoms with Gasteiger partial charge in [-0.1, -0.05) is 12.1 Å². The highest BCUT2D eigenvalue weighted by Gasteiger charge is 2.38. The zero-order valence-corrected chi connectivity index (χ0v) is 15.1. The third kappa shape index (κ3) is 3.59. The van der Waals surface area contributed by atoms with E-state index in [0.29, 0.717) is 11.5 Å². The lowest BCUT2D eigenvalue weighted by molar-refractivity contribution is -0.141. The molecular weight excluding hydrogens is 370 g/mol. The number of hydrogen-bond acceptors (Lipinski definition) is 6. The third-order valence-electron chi connectivity index (χ3n) is 4.38. The van der Waals surface area contributed by atoms with E-state index in [1.807, 2.05) is 23.6 Å². The molecule has 27 heavy (non-hydrogen) atoms. The second kappa shape index (κ2) is 7.28. The van der Waals surface area contributed by atoms with E-state index < -0.39 is 23.8 Å². The van der Waals surface area contributed by atoms with Gasteiger partial charge in [0.2, 0.25) is 18.6 Å². The van der Waals surface area contributed by atoms with Crippen molar-refractivity contribution >= 4 is 29.2 Å². The first-order chi connectivity index (χ1) is 13.1. The molecule has 1 saturated heterocycles. The Kier molecular flexibility index (Phi) is 4.68. The molecule has 2 N–H and O–H groups in total. The Bertz CT molecular complexity index is 883. The molecule has 0 aliphatic carbocycles. The first-order valence-corrected chi connectivity index (χ1v) is 9.27. The second-order valence-electron chi connectivity index (χ2n) is 6.15. The zero-order chi connectivity index (χ0) is 18.8. The smallest absolute Gasteiger partial charge is 0.324 e. The van der Waals surface area contributed by atoms with Crippen molar-refractivity contribution in [3.8, 4) is 11.5 Å². The van der Waals surface area contributed by atoms with Crippen molar-refractivity contribution in [3.05, 3.63) is 46.2 Å². The number of urea groups is 1. The number of carbonyl (C=O) groups excluding carboxylic acids is 3. The predicted octanol–water partition coefficient (Wildman–Crippen LogP) is 1.46. The maximum absolute atomic E-state index is 12.6. The average molecular weight is 387 g/mol. The van der Waals surface area contributed by atoms with Crippen LogP contribution in [-0.4, -0.2) is 36.1 Å². The zero-order valence-electron chi connectivity index (χ0n) is 14.3. The molecule has 4 amide bonds. The Morgan fingerprint density at radius 1 is 1.26 bits per heavy atom. The van der Waals surface area contributed by atoms with Gasteiger partial charge in [-0.25, -0.2) is 4.79 Å². The van der Waals surface area contributed by atoms with Crippen LogP contribution >= 0.6 is 11.3 Å². The lowest BCUT2D eigenvalue weighted by atomic mass is 10.0. The minimum atomic E-state index is -0.948. The molecule has 8 nitrogen and oxygen atoms in total. The Balaban J connectivity index is 1.39. The van der Waals surface area contributed by atoms with Crippen molar-refractivity contribution in [2.45, 2.75) is 13.1 Å². The molecule has 2 aliphatic heterocycles. The number of carbonyl (C=O) groups is 3. The minimum Gasteiger partial charge on any atom is -0.454 e. The monoisotopic (exact) mass is 387 g/mol. The number of imide groups is 1. The van der Waals surface area contributed by atoms with Gasteiger partial charge in [0.1, 0.15) is 5.92 Å². The summed E-state index contributed by atoms with van der Waals surface area (Å²) in [7, 11) is 0. The molecule has 1 aromatic heterocycles. The standard InChI is InChI=1S/C18H17N3O5S/c22-16(19-7-11-3-4-14-15(6-11)26-10-25-14)13-8-20-18(24)21(17(13)23)9-12-2-1-5-27-12/h1-6,13H,7-10H2,(H,19,22)(H,20,24). The van der Waals surface area contributed by atoms with Gasteiger partial charge in [0.05, 0.1) is 6.54 Å². The molecule has 2 aromatic rings. The van der Waals surface area contributed by atoms with Crippen molar-refractivity contribution in [2.24, 2.45) is 5.92 Å². The van der Waals surface area contributed by atoms with Crippen molar-refractivity contribution in [2.75, 3.05) is 13.3 Å². The summed E-state index contributed by atoms with van der Waals surface area (Å²) in [4.78, 5) is 39.1. The molecule has 4 rings (SSSR count). The van der Waals surface area contributed by atoms with Gasteiger partial charge in [-0.05, 0) is 29.1 Å². The number of nitrogens with zero attached hydrogens (tertiary/aromatic N) is 1. The molecule has 140 valence electrons. The van der Waals surface area contributed by atoms with Crippen LogP contribution in [0.2, 0.25) is 0 Å². The number of rotatable bonds is 5. The molecule has 1 fully saturated rings. The van der Waals surface area contributed by atoms with E-state index in [2.05, 4.69) is 10.6 Å². The SMILES string of the molecule is O=C(NCc1ccc2c(c1)OCO2)C1CNC(=O)N(Cc2cccs2)C1=O. The normalized spacial score (nSPS) is 18.4. The lowest BCUT2D eigenvalue weighted by Crippen LogP contribution is -2.58. The van der Waals surface area contributed by atoms with E-state index in [9.17, 15) is 14.4 Å². The summed E-state index contributed by atoms with van der Waals surface area (Å²) in [5.41, 5.74) is 0.829. The molecule has 9 heteroatoms. The van der Waals surface area contributed by atoms with Crippen molar-refractivity contribution in [1.82, 2.24) is 15.5 Å². The third-order valence-corrected chi connectivity index (χ3v) is 5.24. The average Bonchev–Trinajstić information content (AvgIpc) is 3.34. The summed E-state index contributed by atoms with van der Waals surface area (Å²) in [5, 5.41) is 7.24. The fourth-order valence-corrected chi connectivity index (χ4v) is 3.63. The fourth-order valence-electron chi connectivity index (χ4n) is 2.94. The molecule has 0 saturated carbocycles. The van der Waals surface area contributed by atoms with Crippen LogP contribution in [0.4, 0.5) is 4.79 Å². The van der Waals surface area contributed by atoms with Gasteiger partial charge in [-0.15, -0.1) is 11.3 Å². The Hall–Kier alpha value is -3.07. The first-order valence-electron chi connectivity index (χ1n) is 8.39. The summed E-state index contributed by atoms with van der Waals surface area (Å²) >= 11 is 1.45. The van der Waals surface area contributed by atoms with E-state index in [1.165, 1.54) is 11.3 Å². The van der Waals surface area contributed by atoms with Gasteiger partial charge < -0.3 is 20.1 Å². The predicted molar refractivity (Wildman–Crippen MR) is 96.2 cm³/mol. The topological polar surface area (TPSA) is 97.0 Å². The molecule has 1 unspecified atom stereocenters. The summed E-state index contributed by atoms with van der Waals surface area (Å²) in [5.74, 6) is -0.565. The number of thiophene rings is 1. The van der Waals surface area contributed by atoms with Crippen LogP contribution in [0.5, 0.6) is 11.5 Å². The number of ether oxygens (including phenoxy) is 2. The van der Waals surface area contributed by atoms with Crippen LogP contribution in [0.1, 0.15) is 10.4 Å². The van der Waals surface area contributed by atoms with Crippen LogP contribution in [0.3, 0.4) is 0 Å². The van der Waals surface area contributed by atoms with Gasteiger partial charge in [-0.2, -0.15) is 0 Å². The van der Waals surface area contributed by atoms with E-state index >= 15 is 0 Å². The molecular formula is C18H17N3O5S. The quantitative estimate of drug-likeness (QED) is 0.757. The van der Waals surface area contributed by atoms with Gasteiger partial charge >= 0.3 is 6.03 Å². The maximum atomic E-state index is 12.6. The van der Waals surface area contributed by atoms with Crippen molar-refractivity contribution in [3.63, 3.8) is 0 Å². The van der Waals surface area contributed by atoms with Crippen LogP contribution < -0.4 is 20.1 Å². The summed E-state index contributed by atoms with van der Waals surface area (Å²) in [6.07, 6.45) is 0. The summed E-state index contributed by atoms with van der Waals surface area (Å²) < 4.78 is 10.6. The second-order valence-corrected chi connectivity index (χ2v) is 7.18. The van der Waals surface area contributed by atoms with E-state index in [4.69, 9.17) is 9.47 Å².